The number of benzene rings is 1. The van der Waals surface area contributed by atoms with Crippen LogP contribution in [0.1, 0.15) is 6.42 Å². The Morgan fingerprint density at radius 1 is 1.32 bits per heavy atom. The van der Waals surface area contributed by atoms with Crippen molar-refractivity contribution in [3.05, 3.63) is 28.7 Å². The van der Waals surface area contributed by atoms with Gasteiger partial charge in [-0.15, -0.1) is 0 Å². The Bertz CT molecular complexity index is 439. The molecule has 0 spiro atoms. The van der Waals surface area contributed by atoms with Crippen molar-refractivity contribution in [2.45, 2.75) is 6.42 Å². The summed E-state index contributed by atoms with van der Waals surface area (Å²) in [7, 11) is 2.09. The fourth-order valence-corrected chi connectivity index (χ4v) is 2.47. The minimum absolute atomic E-state index is 0.0651. The molecule has 0 N–H and O–H groups in total. The third-order valence-electron chi connectivity index (χ3n) is 3.23. The number of carbonyl (C=O) groups excluding carboxylic acids is 1. The first-order valence-corrected chi connectivity index (χ1v) is 7.29. The third kappa shape index (κ3) is 4.51. The topological polar surface area (TPSA) is 32.8 Å². The monoisotopic (exact) mass is 326 g/mol. The van der Waals surface area contributed by atoms with Crippen molar-refractivity contribution in [3.63, 3.8) is 0 Å². The number of rotatable bonds is 3. The van der Waals surface area contributed by atoms with Crippen molar-refractivity contribution in [2.75, 3.05) is 39.8 Å². The summed E-state index contributed by atoms with van der Waals surface area (Å²) in [5, 5.41) is 0. The van der Waals surface area contributed by atoms with Crippen molar-refractivity contribution >= 4 is 21.8 Å². The second-order valence-corrected chi connectivity index (χ2v) is 5.70. The molecule has 0 atom stereocenters. The SMILES string of the molecule is CN1CCCN(C(=O)COc2cccc(Br)c2)CC1. The largest absolute Gasteiger partial charge is 0.484 e. The molecule has 0 bridgehead atoms. The van der Waals surface area contributed by atoms with E-state index in [2.05, 4.69) is 27.9 Å². The predicted octanol–water partition coefficient (Wildman–Crippen LogP) is 1.99. The molecule has 1 heterocycles. The standard InChI is InChI=1S/C14H19BrN2O2/c1-16-6-3-7-17(9-8-16)14(18)11-19-13-5-2-4-12(15)10-13/h2,4-5,10H,3,6-9,11H2,1H3. The first kappa shape index (κ1) is 14.3. The molecule has 5 heteroatoms. The Kier molecular flexibility index (Phi) is 5.22. The summed E-state index contributed by atoms with van der Waals surface area (Å²) in [5.41, 5.74) is 0. The third-order valence-corrected chi connectivity index (χ3v) is 3.72. The highest BCUT2D eigenvalue weighted by Gasteiger charge is 2.17. The van der Waals surface area contributed by atoms with Crippen LogP contribution in [-0.2, 0) is 4.79 Å². The summed E-state index contributed by atoms with van der Waals surface area (Å²) in [5.74, 6) is 0.782. The quantitative estimate of drug-likeness (QED) is 0.851. The van der Waals surface area contributed by atoms with Gasteiger partial charge in [0.15, 0.2) is 6.61 Å². The number of amides is 1. The van der Waals surface area contributed by atoms with Crippen LogP contribution < -0.4 is 4.74 Å². The first-order chi connectivity index (χ1) is 9.15. The van der Waals surface area contributed by atoms with Crippen LogP contribution in [-0.4, -0.2) is 55.5 Å². The van der Waals surface area contributed by atoms with Crippen LogP contribution in [0.3, 0.4) is 0 Å². The lowest BCUT2D eigenvalue weighted by atomic mass is 10.3. The number of ether oxygens (including phenoxy) is 1. The summed E-state index contributed by atoms with van der Waals surface area (Å²) >= 11 is 3.38. The van der Waals surface area contributed by atoms with E-state index in [9.17, 15) is 4.79 Å². The van der Waals surface area contributed by atoms with E-state index in [-0.39, 0.29) is 12.5 Å². The molecule has 1 aromatic rings. The Hall–Kier alpha value is -1.07. The molecule has 104 valence electrons. The predicted molar refractivity (Wildman–Crippen MR) is 78.3 cm³/mol. The fraction of sp³-hybridized carbons (Fsp3) is 0.500. The highest BCUT2D eigenvalue weighted by atomic mass is 79.9. The van der Waals surface area contributed by atoms with E-state index in [0.29, 0.717) is 0 Å². The Labute approximate surface area is 122 Å². The van der Waals surface area contributed by atoms with Gasteiger partial charge in [-0.1, -0.05) is 22.0 Å². The zero-order chi connectivity index (χ0) is 13.7. The zero-order valence-electron chi connectivity index (χ0n) is 11.1. The molecular weight excluding hydrogens is 308 g/mol. The van der Waals surface area contributed by atoms with E-state index >= 15 is 0 Å². The molecule has 1 aliphatic rings. The Balaban J connectivity index is 1.83. The highest BCUT2D eigenvalue weighted by Crippen LogP contribution is 2.17. The second kappa shape index (κ2) is 6.91. The Morgan fingerprint density at radius 3 is 2.95 bits per heavy atom. The average Bonchev–Trinajstić information content (AvgIpc) is 2.61. The first-order valence-electron chi connectivity index (χ1n) is 6.50. The average molecular weight is 327 g/mol. The molecule has 1 aliphatic heterocycles. The van der Waals surface area contributed by atoms with Crippen molar-refractivity contribution < 1.29 is 9.53 Å². The van der Waals surface area contributed by atoms with Crippen LogP contribution in [0.4, 0.5) is 0 Å². The molecule has 0 unspecified atom stereocenters. The molecule has 4 nitrogen and oxygen atoms in total. The van der Waals surface area contributed by atoms with Crippen LogP contribution >= 0.6 is 15.9 Å². The molecule has 0 saturated carbocycles. The molecule has 1 fully saturated rings. The van der Waals surface area contributed by atoms with E-state index in [1.807, 2.05) is 29.2 Å². The number of hydrogen-bond donors (Lipinski definition) is 0. The van der Waals surface area contributed by atoms with Crippen molar-refractivity contribution in [1.82, 2.24) is 9.80 Å². The zero-order valence-corrected chi connectivity index (χ0v) is 12.7. The van der Waals surface area contributed by atoms with Gasteiger partial charge in [-0.25, -0.2) is 0 Å². The Morgan fingerprint density at radius 2 is 2.16 bits per heavy atom. The van der Waals surface area contributed by atoms with Gasteiger partial charge < -0.3 is 14.5 Å². The summed E-state index contributed by atoms with van der Waals surface area (Å²) in [6, 6.07) is 7.54. The van der Waals surface area contributed by atoms with Gasteiger partial charge >= 0.3 is 0 Å². The van der Waals surface area contributed by atoms with Crippen molar-refractivity contribution in [1.29, 1.82) is 0 Å². The van der Waals surface area contributed by atoms with Gasteiger partial charge in [-0.2, -0.15) is 0 Å². The smallest absolute Gasteiger partial charge is 0.260 e. The number of likely N-dealkylation sites (N-methyl/N-ethyl adjacent to an activating group) is 1. The summed E-state index contributed by atoms with van der Waals surface area (Å²) in [6.07, 6.45) is 1.03. The maximum absolute atomic E-state index is 12.1. The van der Waals surface area contributed by atoms with Crippen LogP contribution in [0.25, 0.3) is 0 Å². The van der Waals surface area contributed by atoms with Crippen molar-refractivity contribution in [2.24, 2.45) is 0 Å². The van der Waals surface area contributed by atoms with Gasteiger partial charge in [0.05, 0.1) is 0 Å². The van der Waals surface area contributed by atoms with Gasteiger partial charge in [0, 0.05) is 24.1 Å². The number of nitrogens with zero attached hydrogens (tertiary/aromatic N) is 2. The number of carbonyl (C=O) groups is 1. The lowest BCUT2D eigenvalue weighted by molar-refractivity contribution is -0.133. The van der Waals surface area contributed by atoms with Gasteiger partial charge in [0.25, 0.3) is 5.91 Å². The normalized spacial score (nSPS) is 17.1. The summed E-state index contributed by atoms with van der Waals surface area (Å²) in [4.78, 5) is 16.2. The molecule has 2 rings (SSSR count). The summed E-state index contributed by atoms with van der Waals surface area (Å²) in [6.45, 7) is 3.71. The van der Waals surface area contributed by atoms with Gasteiger partial charge in [0.2, 0.25) is 0 Å². The van der Waals surface area contributed by atoms with Crippen LogP contribution in [0.15, 0.2) is 28.7 Å². The molecule has 0 radical (unpaired) electrons. The van der Waals surface area contributed by atoms with Gasteiger partial charge in [0.1, 0.15) is 5.75 Å². The number of hydrogen-bond acceptors (Lipinski definition) is 3. The maximum atomic E-state index is 12.1. The molecule has 1 amide bonds. The van der Waals surface area contributed by atoms with E-state index in [4.69, 9.17) is 4.74 Å². The molecule has 0 aliphatic carbocycles. The van der Waals surface area contributed by atoms with Gasteiger partial charge in [-0.3, -0.25) is 4.79 Å². The molecule has 0 aromatic heterocycles. The lowest BCUT2D eigenvalue weighted by Gasteiger charge is -2.20. The minimum Gasteiger partial charge on any atom is -0.484 e. The summed E-state index contributed by atoms with van der Waals surface area (Å²) < 4.78 is 6.49. The van der Waals surface area contributed by atoms with E-state index in [0.717, 1.165) is 42.8 Å². The minimum atomic E-state index is 0.0651. The number of halogens is 1. The van der Waals surface area contributed by atoms with Crippen LogP contribution in [0.2, 0.25) is 0 Å². The van der Waals surface area contributed by atoms with E-state index in [1.54, 1.807) is 0 Å². The molecule has 19 heavy (non-hydrogen) atoms. The van der Waals surface area contributed by atoms with E-state index in [1.165, 1.54) is 0 Å². The molecule has 1 saturated heterocycles. The molecule has 1 aromatic carbocycles. The van der Waals surface area contributed by atoms with Gasteiger partial charge in [-0.05, 0) is 38.2 Å². The van der Waals surface area contributed by atoms with Crippen LogP contribution in [0, 0.1) is 0 Å². The fourth-order valence-electron chi connectivity index (χ4n) is 2.09. The van der Waals surface area contributed by atoms with E-state index < -0.39 is 0 Å². The van der Waals surface area contributed by atoms with Crippen molar-refractivity contribution in [3.8, 4) is 5.75 Å². The maximum Gasteiger partial charge on any atom is 0.260 e. The lowest BCUT2D eigenvalue weighted by Crippen LogP contribution is -2.37. The second-order valence-electron chi connectivity index (χ2n) is 4.78. The van der Waals surface area contributed by atoms with Crippen LogP contribution in [0.5, 0.6) is 5.75 Å². The molecular formula is C14H19BrN2O2. The highest BCUT2D eigenvalue weighted by molar-refractivity contribution is 9.10.